The fourth-order valence-corrected chi connectivity index (χ4v) is 3.60. The van der Waals surface area contributed by atoms with E-state index in [1.807, 2.05) is 14.1 Å². The average molecular weight is 407 g/mol. The highest BCUT2D eigenvalue weighted by atomic mass is 18.1. The molecule has 2 N–H and O–H groups in total. The summed E-state index contributed by atoms with van der Waals surface area (Å²) in [6, 6.07) is 0.340. The molecule has 2 fully saturated rings. The Morgan fingerprint density at radius 3 is 2.29 bits per heavy atom. The summed E-state index contributed by atoms with van der Waals surface area (Å²) in [5.41, 5.74) is 0. The van der Waals surface area contributed by atoms with E-state index in [0.29, 0.717) is 37.0 Å². The number of rotatable bonds is 7. The zero-order valence-electron chi connectivity index (χ0n) is 17.1. The van der Waals surface area contributed by atoms with E-state index in [-0.39, 0.29) is 30.8 Å². The van der Waals surface area contributed by atoms with Crippen molar-refractivity contribution in [1.29, 1.82) is 0 Å². The van der Waals surface area contributed by atoms with Crippen LogP contribution in [0.1, 0.15) is 39.5 Å². The molecule has 3 atom stereocenters. The molecular formula is C18H31N5O5. The molecule has 10 nitrogen and oxygen atoms in total. The first-order chi connectivity index (χ1) is 13.2. The average Bonchev–Trinajstić information content (AvgIpc) is 2.94. The molecule has 0 bridgehead atoms. The van der Waals surface area contributed by atoms with Crippen molar-refractivity contribution in [3.05, 3.63) is 0 Å². The van der Waals surface area contributed by atoms with Gasteiger partial charge in [-0.1, -0.05) is 0 Å². The highest BCUT2D eigenvalue weighted by molar-refractivity contribution is 6.01. The second kappa shape index (κ2) is 9.83. The molecule has 0 aliphatic carbocycles. The summed E-state index contributed by atoms with van der Waals surface area (Å²) >= 11 is 0. The maximum Gasteiger partial charge on any atom is 0.432 e. The standard InChI is InChI=1S/C18H31N5O5/c1-12-11-21(3)16(13(2)22(12)4)17(26)19-9-5-6-10-20-18(27)28-23-14(24)7-8-15(23)25/h12-13,16H,5-11H2,1-4H3,(H,19,26)(H,20,27)/i3+1,5+1,6+1,9+1,10+1,18+1,19+1,20+1,27+2. The summed E-state index contributed by atoms with van der Waals surface area (Å²) < 4.78 is 0. The lowest BCUT2D eigenvalue weighted by molar-refractivity contribution is -0.171. The Hall–Kier alpha value is -2.20. The van der Waals surface area contributed by atoms with Crippen molar-refractivity contribution in [3.8, 4) is 0 Å². The van der Waals surface area contributed by atoms with Crippen LogP contribution in [-0.2, 0) is 19.2 Å². The first-order valence-electron chi connectivity index (χ1n) is 9.73. The fourth-order valence-electron chi connectivity index (χ4n) is 3.60. The first kappa shape index (κ1) is 22.1. The van der Waals surface area contributed by atoms with E-state index in [0.717, 1.165) is 6.54 Å². The van der Waals surface area contributed by atoms with E-state index in [1.165, 1.54) is 0 Å². The van der Waals surface area contributed by atoms with Crippen LogP contribution in [0, 0.1) is 0 Å². The Morgan fingerprint density at radius 1 is 1.11 bits per heavy atom. The maximum atomic E-state index is 12.5. The third-order valence-electron chi connectivity index (χ3n) is 5.44. The van der Waals surface area contributed by atoms with Crippen molar-refractivity contribution >= 4 is 23.8 Å². The molecule has 10 heteroatoms. The summed E-state index contributed by atoms with van der Waals surface area (Å²) in [5.74, 6) is -1.01. The van der Waals surface area contributed by atoms with Gasteiger partial charge in [0.25, 0.3) is 11.8 Å². The molecule has 0 radical (unpaired) electrons. The molecule has 0 aromatic rings. The van der Waals surface area contributed by atoms with Gasteiger partial charge in [-0.2, -0.15) is 0 Å². The lowest BCUT2D eigenvalue weighted by atomic mass is 10.0. The lowest BCUT2D eigenvalue weighted by Gasteiger charge is -2.46. The second-order valence-corrected chi connectivity index (χ2v) is 7.53. The minimum Gasteiger partial charge on any atom is -0.355 e. The Balaban J connectivity index is 1.61. The van der Waals surface area contributed by atoms with Gasteiger partial charge in [0.15, 0.2) is 0 Å². The Bertz CT molecular complexity index is 597. The number of likely N-dealkylation sites (N-methyl/N-ethyl adjacent to an activating group) is 2. The highest BCUT2D eigenvalue weighted by Crippen LogP contribution is 2.18. The molecule has 4 amide bonds. The topological polar surface area (TPSA) is 111 Å². The van der Waals surface area contributed by atoms with Crippen LogP contribution in [0.5, 0.6) is 0 Å². The Morgan fingerprint density at radius 2 is 1.68 bits per heavy atom. The van der Waals surface area contributed by atoms with Crippen LogP contribution in [0.3, 0.4) is 0 Å². The zero-order valence-corrected chi connectivity index (χ0v) is 17.1. The molecule has 0 saturated carbocycles. The van der Waals surface area contributed by atoms with Gasteiger partial charge in [-0.15, -0.1) is 5.06 Å². The number of hydrogen-bond acceptors (Lipinski definition) is 7. The maximum absolute atomic E-state index is 12.5. The summed E-state index contributed by atoms with van der Waals surface area (Å²) in [4.78, 5) is 55.9. The molecule has 2 saturated heterocycles. The number of unbranched alkanes of at least 4 members (excludes halogenated alkanes) is 1. The van der Waals surface area contributed by atoms with E-state index in [2.05, 4.69) is 34.3 Å². The van der Waals surface area contributed by atoms with E-state index in [9.17, 15) is 19.2 Å². The van der Waals surface area contributed by atoms with Crippen LogP contribution in [-0.4, -0.2) is 90.5 Å². The first-order valence-corrected chi connectivity index (χ1v) is 9.73. The molecular weight excluding hydrogens is 376 g/mol. The number of piperazine rings is 1. The summed E-state index contributed by atoms with van der Waals surface area (Å²) in [6.45, 7) is 5.88. The number of carbonyl (C=O) groups excluding carboxylic acids is 4. The molecule has 28 heavy (non-hydrogen) atoms. The number of imide groups is 1. The minimum atomic E-state index is -0.831. The number of amides is 4. The van der Waals surface area contributed by atoms with Gasteiger partial charge in [-0.05, 0) is 40.8 Å². The number of hydroxylamine groups is 2. The molecule has 0 aromatic heterocycles. The highest BCUT2D eigenvalue weighted by Gasteiger charge is 2.38. The quantitative estimate of drug-likeness (QED) is 0.196. The van der Waals surface area contributed by atoms with Crippen molar-refractivity contribution in [2.45, 2.75) is 57.7 Å². The zero-order chi connectivity index (χ0) is 20.8. The monoisotopic (exact) mass is 407 g/mol. The lowest BCUT2D eigenvalue weighted by Crippen LogP contribution is -2.64. The van der Waals surface area contributed by atoms with Crippen molar-refractivity contribution in [1.82, 2.24) is 25.5 Å². The summed E-state index contributed by atoms with van der Waals surface area (Å²) in [5, 5.41) is 5.96. The number of carbonyl (C=O) groups is 4. The normalized spacial score (nSPS) is 26.4. The fraction of sp³-hybridized carbons (Fsp3) is 0.778. The van der Waals surface area contributed by atoms with Gasteiger partial charge >= 0.3 is 6.09 Å². The largest absolute Gasteiger partial charge is 0.432 e. The second-order valence-electron chi connectivity index (χ2n) is 7.53. The Labute approximate surface area is 165 Å². The van der Waals surface area contributed by atoms with E-state index >= 15 is 0 Å². The predicted octanol–water partition coefficient (Wildman–Crippen LogP) is -0.304. The van der Waals surface area contributed by atoms with E-state index in [4.69, 9.17) is 4.84 Å². The van der Waals surface area contributed by atoms with Gasteiger partial charge in [0.2, 0.25) is 5.91 Å². The summed E-state index contributed by atoms with van der Waals surface area (Å²) in [6.07, 6.45) is 0.613. The molecule has 2 heterocycles. The summed E-state index contributed by atoms with van der Waals surface area (Å²) in [7, 11) is 4.01. The smallest absolute Gasteiger partial charge is 0.355 e. The third-order valence-corrected chi connectivity index (χ3v) is 5.44. The predicted molar refractivity (Wildman–Crippen MR) is 101 cm³/mol. The van der Waals surface area contributed by atoms with Gasteiger partial charge in [-0.25, -0.2) is 4.79 Å². The molecule has 0 aromatic carbocycles. The van der Waals surface area contributed by atoms with Crippen LogP contribution in [0.15, 0.2) is 0 Å². The van der Waals surface area contributed by atoms with Gasteiger partial charge in [0.05, 0.1) is 0 Å². The molecule has 3 unspecified atom stereocenters. The molecule has 2 rings (SSSR count). The third kappa shape index (κ3) is 5.41. The van der Waals surface area contributed by atoms with Crippen LogP contribution >= 0.6 is 0 Å². The van der Waals surface area contributed by atoms with Crippen molar-refractivity contribution in [3.63, 3.8) is 0 Å². The minimum absolute atomic E-state index is 0.00665. The molecule has 2 aliphatic rings. The van der Waals surface area contributed by atoms with Gasteiger partial charge in [-0.3, -0.25) is 24.2 Å². The van der Waals surface area contributed by atoms with Crippen molar-refractivity contribution in [2.24, 2.45) is 0 Å². The van der Waals surface area contributed by atoms with Crippen molar-refractivity contribution in [2.75, 3.05) is 33.7 Å². The molecule has 0 spiro atoms. The SMILES string of the molecule is CC1CN([13CH3])C(C(=O)[15NH][13CH2][13CH2][13CH2][13CH2][15NH][13C](=[18O])ON2C(=O)CCC2=O)C(C)N1C. The van der Waals surface area contributed by atoms with Gasteiger partial charge < -0.3 is 15.5 Å². The van der Waals surface area contributed by atoms with Gasteiger partial charge in [0, 0.05) is 44.6 Å². The van der Waals surface area contributed by atoms with Crippen molar-refractivity contribution < 1.29 is 24.0 Å². The van der Waals surface area contributed by atoms with E-state index in [1.54, 1.807) is 0 Å². The van der Waals surface area contributed by atoms with Crippen LogP contribution in [0.2, 0.25) is 0 Å². The number of nitrogens with one attached hydrogen (secondary N) is 2. The van der Waals surface area contributed by atoms with E-state index < -0.39 is 17.9 Å². The van der Waals surface area contributed by atoms with Gasteiger partial charge in [0.1, 0.15) is 6.04 Å². The van der Waals surface area contributed by atoms with Crippen LogP contribution in [0.4, 0.5) is 4.79 Å². The number of nitrogens with zero attached hydrogens (tertiary/aromatic N) is 3. The van der Waals surface area contributed by atoms with Crippen LogP contribution in [0.25, 0.3) is 0 Å². The van der Waals surface area contributed by atoms with Crippen LogP contribution < -0.4 is 10.6 Å². The molecule has 158 valence electrons. The Kier molecular flexibility index (Phi) is 7.76. The molecule has 2 aliphatic heterocycles. The number of hydrogen-bond donors (Lipinski definition) is 2.